The number of nitrogens with one attached hydrogen (secondary N) is 1. The number of hydrogen-bond acceptors (Lipinski definition) is 2. The van der Waals surface area contributed by atoms with Crippen molar-refractivity contribution in [1.82, 2.24) is 5.32 Å². The van der Waals surface area contributed by atoms with Crippen molar-refractivity contribution in [3.05, 3.63) is 29.3 Å². The molecular weight excluding hydrogens is 246 g/mol. The lowest BCUT2D eigenvalue weighted by atomic mass is 9.82. The number of fused-ring (bicyclic) bond motifs is 1. The van der Waals surface area contributed by atoms with Crippen molar-refractivity contribution in [3.63, 3.8) is 0 Å². The highest BCUT2D eigenvalue weighted by Crippen LogP contribution is 2.41. The first-order chi connectivity index (χ1) is 9.68. The minimum Gasteiger partial charge on any atom is -0.493 e. The molecule has 2 unspecified atom stereocenters. The van der Waals surface area contributed by atoms with Crippen LogP contribution in [0.15, 0.2) is 18.2 Å². The van der Waals surface area contributed by atoms with Crippen LogP contribution in [0.2, 0.25) is 0 Å². The summed E-state index contributed by atoms with van der Waals surface area (Å²) in [7, 11) is 0. The van der Waals surface area contributed by atoms with Gasteiger partial charge in [0.2, 0.25) is 0 Å². The Morgan fingerprint density at radius 1 is 1.40 bits per heavy atom. The van der Waals surface area contributed by atoms with E-state index in [2.05, 4.69) is 37.4 Å². The van der Waals surface area contributed by atoms with E-state index in [4.69, 9.17) is 4.74 Å². The van der Waals surface area contributed by atoms with Crippen LogP contribution in [-0.4, -0.2) is 19.2 Å². The molecule has 0 amide bonds. The number of hydrogen-bond donors (Lipinski definition) is 1. The Balaban J connectivity index is 1.57. The Hall–Kier alpha value is -1.02. The lowest BCUT2D eigenvalue weighted by Gasteiger charge is -2.24. The smallest absolute Gasteiger partial charge is 0.122 e. The summed E-state index contributed by atoms with van der Waals surface area (Å²) in [6, 6.07) is 7.53. The fraction of sp³-hybridized carbons (Fsp3) is 0.667. The zero-order valence-electron chi connectivity index (χ0n) is 12.9. The number of aryl methyl sites for hydroxylation is 1. The van der Waals surface area contributed by atoms with Crippen molar-refractivity contribution in [2.45, 2.75) is 58.4 Å². The summed E-state index contributed by atoms with van der Waals surface area (Å²) in [6.45, 7) is 6.65. The predicted molar refractivity (Wildman–Crippen MR) is 83.4 cm³/mol. The van der Waals surface area contributed by atoms with Gasteiger partial charge in [-0.05, 0) is 61.3 Å². The van der Waals surface area contributed by atoms with Gasteiger partial charge in [-0.25, -0.2) is 0 Å². The Kier molecular flexibility index (Phi) is 4.02. The molecule has 1 aliphatic carbocycles. The lowest BCUT2D eigenvalue weighted by molar-refractivity contribution is 0.298. The summed E-state index contributed by atoms with van der Waals surface area (Å²) in [4.78, 5) is 0. The minimum atomic E-state index is 0.530. The van der Waals surface area contributed by atoms with Crippen LogP contribution >= 0.6 is 0 Å². The molecule has 2 atom stereocenters. The molecule has 2 aliphatic rings. The maximum Gasteiger partial charge on any atom is 0.122 e. The van der Waals surface area contributed by atoms with Crippen molar-refractivity contribution in [2.24, 2.45) is 5.41 Å². The van der Waals surface area contributed by atoms with E-state index in [9.17, 15) is 0 Å². The number of benzene rings is 1. The third kappa shape index (κ3) is 3.01. The van der Waals surface area contributed by atoms with E-state index < -0.39 is 0 Å². The van der Waals surface area contributed by atoms with Gasteiger partial charge >= 0.3 is 0 Å². The van der Waals surface area contributed by atoms with E-state index in [1.165, 1.54) is 43.2 Å². The Morgan fingerprint density at radius 2 is 2.30 bits per heavy atom. The highest BCUT2D eigenvalue weighted by Gasteiger charge is 2.34. The first kappa shape index (κ1) is 13.9. The molecule has 110 valence electrons. The van der Waals surface area contributed by atoms with Gasteiger partial charge in [0.25, 0.3) is 0 Å². The van der Waals surface area contributed by atoms with Crippen LogP contribution in [0.5, 0.6) is 5.75 Å². The van der Waals surface area contributed by atoms with Crippen LogP contribution < -0.4 is 10.1 Å². The van der Waals surface area contributed by atoms with E-state index in [0.717, 1.165) is 31.4 Å². The standard InChI is InChI=1S/C18H27NO/c1-3-19-16-7-10-18(2,13-16)9-6-14-4-5-17-15(12-14)8-11-20-17/h4-5,12,16,19H,3,6-11,13H2,1-2H3. The molecule has 0 bridgehead atoms. The van der Waals surface area contributed by atoms with Crippen LogP contribution in [0.4, 0.5) is 0 Å². The van der Waals surface area contributed by atoms with Crippen LogP contribution in [0.25, 0.3) is 0 Å². The van der Waals surface area contributed by atoms with Gasteiger partial charge in [0.1, 0.15) is 5.75 Å². The van der Waals surface area contributed by atoms with Gasteiger partial charge < -0.3 is 10.1 Å². The van der Waals surface area contributed by atoms with Crippen LogP contribution in [0.3, 0.4) is 0 Å². The molecule has 2 heteroatoms. The Labute approximate surface area is 122 Å². The van der Waals surface area contributed by atoms with E-state index in [-0.39, 0.29) is 0 Å². The summed E-state index contributed by atoms with van der Waals surface area (Å²) in [5.41, 5.74) is 3.43. The molecule has 1 aromatic carbocycles. The van der Waals surface area contributed by atoms with E-state index >= 15 is 0 Å². The second-order valence-electron chi connectivity index (χ2n) is 6.85. The van der Waals surface area contributed by atoms with Gasteiger partial charge in [-0.1, -0.05) is 26.0 Å². The highest BCUT2D eigenvalue weighted by atomic mass is 16.5. The molecule has 1 N–H and O–H groups in total. The lowest BCUT2D eigenvalue weighted by Crippen LogP contribution is -2.27. The molecule has 1 heterocycles. The second kappa shape index (κ2) is 5.77. The quantitative estimate of drug-likeness (QED) is 0.883. The molecule has 1 saturated carbocycles. The van der Waals surface area contributed by atoms with Crippen molar-refractivity contribution in [3.8, 4) is 5.75 Å². The minimum absolute atomic E-state index is 0.530. The molecule has 1 fully saturated rings. The molecule has 2 nitrogen and oxygen atoms in total. The molecule has 0 spiro atoms. The zero-order valence-corrected chi connectivity index (χ0v) is 12.9. The third-order valence-corrected chi connectivity index (χ3v) is 5.10. The van der Waals surface area contributed by atoms with Crippen molar-refractivity contribution in [2.75, 3.05) is 13.2 Å². The second-order valence-corrected chi connectivity index (χ2v) is 6.85. The summed E-state index contributed by atoms with van der Waals surface area (Å²) in [5.74, 6) is 1.10. The molecule has 1 aliphatic heterocycles. The van der Waals surface area contributed by atoms with Gasteiger partial charge in [0.15, 0.2) is 0 Å². The average Bonchev–Trinajstić information content (AvgIpc) is 3.04. The first-order valence-electron chi connectivity index (χ1n) is 8.16. The van der Waals surface area contributed by atoms with E-state index in [1.807, 2.05) is 0 Å². The fourth-order valence-corrected chi connectivity index (χ4v) is 3.85. The largest absolute Gasteiger partial charge is 0.493 e. The molecule has 0 saturated heterocycles. The molecule has 0 aromatic heterocycles. The van der Waals surface area contributed by atoms with Gasteiger partial charge in [0.05, 0.1) is 6.61 Å². The summed E-state index contributed by atoms with van der Waals surface area (Å²) in [6.07, 6.45) is 7.68. The Bertz CT molecular complexity index is 470. The highest BCUT2D eigenvalue weighted by molar-refractivity contribution is 5.39. The SMILES string of the molecule is CCNC1CCC(C)(CCc2ccc3c(c2)CCO3)C1. The maximum absolute atomic E-state index is 5.58. The van der Waals surface area contributed by atoms with E-state index in [1.54, 1.807) is 0 Å². The number of rotatable bonds is 5. The molecule has 3 rings (SSSR count). The van der Waals surface area contributed by atoms with Crippen molar-refractivity contribution in [1.29, 1.82) is 0 Å². The van der Waals surface area contributed by atoms with Gasteiger partial charge in [-0.2, -0.15) is 0 Å². The monoisotopic (exact) mass is 273 g/mol. The number of ether oxygens (including phenoxy) is 1. The molecule has 1 aromatic rings. The first-order valence-corrected chi connectivity index (χ1v) is 8.16. The zero-order chi connectivity index (χ0) is 14.0. The van der Waals surface area contributed by atoms with Crippen molar-refractivity contribution >= 4 is 0 Å². The normalized spacial score (nSPS) is 28.4. The third-order valence-electron chi connectivity index (χ3n) is 5.10. The van der Waals surface area contributed by atoms with Gasteiger partial charge in [-0.15, -0.1) is 0 Å². The summed E-state index contributed by atoms with van der Waals surface area (Å²) >= 11 is 0. The topological polar surface area (TPSA) is 21.3 Å². The molecule has 0 radical (unpaired) electrons. The molecule has 20 heavy (non-hydrogen) atoms. The van der Waals surface area contributed by atoms with Crippen LogP contribution in [-0.2, 0) is 12.8 Å². The summed E-state index contributed by atoms with van der Waals surface area (Å²) in [5, 5.41) is 3.62. The van der Waals surface area contributed by atoms with Crippen LogP contribution in [0, 0.1) is 5.41 Å². The summed E-state index contributed by atoms with van der Waals surface area (Å²) < 4.78 is 5.58. The van der Waals surface area contributed by atoms with Crippen LogP contribution in [0.1, 0.15) is 50.7 Å². The molecular formula is C18H27NO. The van der Waals surface area contributed by atoms with E-state index in [0.29, 0.717) is 5.41 Å². The average molecular weight is 273 g/mol. The van der Waals surface area contributed by atoms with Gasteiger partial charge in [-0.3, -0.25) is 0 Å². The van der Waals surface area contributed by atoms with Gasteiger partial charge in [0, 0.05) is 12.5 Å². The van der Waals surface area contributed by atoms with Crippen molar-refractivity contribution < 1.29 is 4.74 Å². The predicted octanol–water partition coefficient (Wildman–Crippen LogP) is 3.72. The maximum atomic E-state index is 5.58. The Morgan fingerprint density at radius 3 is 3.15 bits per heavy atom. The fourth-order valence-electron chi connectivity index (χ4n) is 3.85.